The van der Waals surface area contributed by atoms with Crippen molar-refractivity contribution < 1.29 is 0 Å². The number of para-hydroxylation sites is 2. The van der Waals surface area contributed by atoms with Gasteiger partial charge in [-0.25, -0.2) is 4.98 Å². The van der Waals surface area contributed by atoms with Crippen LogP contribution in [-0.2, 0) is 27.2 Å². The lowest BCUT2D eigenvalue weighted by Crippen LogP contribution is -2.20. The zero-order chi connectivity index (χ0) is 15.9. The highest BCUT2D eigenvalue weighted by Gasteiger charge is 2.14. The van der Waals surface area contributed by atoms with E-state index in [1.54, 1.807) is 0 Å². The van der Waals surface area contributed by atoms with Crippen LogP contribution in [0.4, 0.5) is 0 Å². The summed E-state index contributed by atoms with van der Waals surface area (Å²) in [5.41, 5.74) is 5.89. The number of aromatic nitrogens is 4. The van der Waals surface area contributed by atoms with Crippen LogP contribution in [0.15, 0.2) is 24.3 Å². The van der Waals surface area contributed by atoms with Gasteiger partial charge < -0.3 is 4.57 Å². The maximum atomic E-state index is 4.74. The fraction of sp³-hybridized carbons (Fsp3) is 0.412. The first kappa shape index (κ1) is 14.8. The molecule has 5 heteroatoms. The second-order valence-corrected chi connectivity index (χ2v) is 6.02. The van der Waals surface area contributed by atoms with Crippen molar-refractivity contribution in [3.05, 3.63) is 47.0 Å². The highest BCUT2D eigenvalue weighted by molar-refractivity contribution is 5.75. The molecule has 0 aliphatic heterocycles. The summed E-state index contributed by atoms with van der Waals surface area (Å²) in [6.07, 6.45) is 0. The van der Waals surface area contributed by atoms with Gasteiger partial charge in [0.2, 0.25) is 0 Å². The number of nitrogens with zero attached hydrogens (tertiary/aromatic N) is 5. The Hall–Kier alpha value is -2.14. The topological polar surface area (TPSA) is 38.9 Å². The lowest BCUT2D eigenvalue weighted by molar-refractivity contribution is 0.306. The molecule has 116 valence electrons. The van der Waals surface area contributed by atoms with Crippen LogP contribution >= 0.6 is 0 Å². The monoisotopic (exact) mass is 297 g/mol. The van der Waals surface area contributed by atoms with E-state index in [9.17, 15) is 0 Å². The Labute approximate surface area is 131 Å². The molecule has 0 radical (unpaired) electrons. The summed E-state index contributed by atoms with van der Waals surface area (Å²) in [7, 11) is 6.21. The molecule has 0 spiro atoms. The molecule has 5 nitrogen and oxygen atoms in total. The zero-order valence-electron chi connectivity index (χ0n) is 14.0. The third-order valence-corrected chi connectivity index (χ3v) is 4.38. The van der Waals surface area contributed by atoms with Crippen LogP contribution in [0.1, 0.15) is 22.8 Å². The fourth-order valence-corrected chi connectivity index (χ4v) is 2.95. The summed E-state index contributed by atoms with van der Waals surface area (Å²) in [5, 5.41) is 4.49. The van der Waals surface area contributed by atoms with Crippen LogP contribution in [-0.4, -0.2) is 31.3 Å². The number of hydrogen-bond acceptors (Lipinski definition) is 3. The van der Waals surface area contributed by atoms with Crippen molar-refractivity contribution in [3.8, 4) is 0 Å². The molecule has 0 saturated carbocycles. The van der Waals surface area contributed by atoms with Gasteiger partial charge in [0.15, 0.2) is 0 Å². The summed E-state index contributed by atoms with van der Waals surface area (Å²) in [6.45, 7) is 5.90. The molecule has 2 heterocycles. The number of benzene rings is 1. The fourth-order valence-electron chi connectivity index (χ4n) is 2.95. The zero-order valence-corrected chi connectivity index (χ0v) is 14.0. The predicted octanol–water partition coefficient (Wildman–Crippen LogP) is 2.56. The van der Waals surface area contributed by atoms with E-state index in [4.69, 9.17) is 4.98 Å². The Bertz CT molecular complexity index is 812. The van der Waals surface area contributed by atoms with Gasteiger partial charge in [0.05, 0.1) is 23.3 Å². The Balaban J connectivity index is 1.81. The van der Waals surface area contributed by atoms with E-state index in [1.165, 1.54) is 16.8 Å². The molecule has 22 heavy (non-hydrogen) atoms. The van der Waals surface area contributed by atoms with Crippen molar-refractivity contribution >= 4 is 11.0 Å². The van der Waals surface area contributed by atoms with Crippen molar-refractivity contribution in [2.45, 2.75) is 26.9 Å². The SMILES string of the molecule is Cc1nn(C)c(C)c1CN(C)Cc1nc2ccccc2n1C. The van der Waals surface area contributed by atoms with E-state index in [2.05, 4.69) is 60.7 Å². The van der Waals surface area contributed by atoms with Crippen molar-refractivity contribution in [1.82, 2.24) is 24.2 Å². The normalized spacial score (nSPS) is 11.7. The van der Waals surface area contributed by atoms with E-state index in [1.807, 2.05) is 17.8 Å². The van der Waals surface area contributed by atoms with Gasteiger partial charge in [-0.1, -0.05) is 12.1 Å². The number of rotatable bonds is 4. The highest BCUT2D eigenvalue weighted by Crippen LogP contribution is 2.18. The molecule has 2 aromatic heterocycles. The molecule has 3 aromatic rings. The second-order valence-electron chi connectivity index (χ2n) is 6.02. The van der Waals surface area contributed by atoms with Crippen LogP contribution in [0.25, 0.3) is 11.0 Å². The molecule has 0 unspecified atom stereocenters. The van der Waals surface area contributed by atoms with E-state index in [0.29, 0.717) is 0 Å². The third-order valence-electron chi connectivity index (χ3n) is 4.38. The number of imidazole rings is 1. The summed E-state index contributed by atoms with van der Waals surface area (Å²) in [5.74, 6) is 1.09. The molecule has 0 N–H and O–H groups in total. The van der Waals surface area contributed by atoms with Crippen molar-refractivity contribution in [2.75, 3.05) is 7.05 Å². The minimum atomic E-state index is 0.818. The van der Waals surface area contributed by atoms with Gasteiger partial charge in [-0.3, -0.25) is 9.58 Å². The summed E-state index contributed by atoms with van der Waals surface area (Å²) in [6, 6.07) is 8.26. The maximum Gasteiger partial charge on any atom is 0.123 e. The van der Waals surface area contributed by atoms with Gasteiger partial charge in [-0.05, 0) is 33.0 Å². The molecule has 1 aromatic carbocycles. The molecule has 0 aliphatic carbocycles. The van der Waals surface area contributed by atoms with Gasteiger partial charge in [0.1, 0.15) is 5.82 Å². The molecule has 0 aliphatic rings. The van der Waals surface area contributed by atoms with Crippen LogP contribution < -0.4 is 0 Å². The van der Waals surface area contributed by atoms with E-state index >= 15 is 0 Å². The Morgan fingerprint density at radius 3 is 2.45 bits per heavy atom. The lowest BCUT2D eigenvalue weighted by Gasteiger charge is -2.16. The number of aryl methyl sites for hydroxylation is 3. The van der Waals surface area contributed by atoms with Crippen molar-refractivity contribution in [3.63, 3.8) is 0 Å². The first-order valence-electron chi connectivity index (χ1n) is 7.55. The van der Waals surface area contributed by atoms with Gasteiger partial charge in [-0.2, -0.15) is 5.10 Å². The molecule has 0 amide bonds. The van der Waals surface area contributed by atoms with Gasteiger partial charge in [0, 0.05) is 31.9 Å². The molecule has 3 rings (SSSR count). The van der Waals surface area contributed by atoms with Gasteiger partial charge in [-0.15, -0.1) is 0 Å². The van der Waals surface area contributed by atoms with Gasteiger partial charge in [0.25, 0.3) is 0 Å². The quantitative estimate of drug-likeness (QED) is 0.743. The summed E-state index contributed by atoms with van der Waals surface area (Å²) < 4.78 is 4.13. The molecular formula is C17H23N5. The van der Waals surface area contributed by atoms with E-state index in [-0.39, 0.29) is 0 Å². The van der Waals surface area contributed by atoms with Crippen LogP contribution in [0, 0.1) is 13.8 Å². The lowest BCUT2D eigenvalue weighted by atomic mass is 10.2. The minimum absolute atomic E-state index is 0.818. The molecular weight excluding hydrogens is 274 g/mol. The summed E-state index contributed by atoms with van der Waals surface area (Å²) >= 11 is 0. The van der Waals surface area contributed by atoms with E-state index in [0.717, 1.165) is 30.1 Å². The maximum absolute atomic E-state index is 4.74. The van der Waals surface area contributed by atoms with Crippen LogP contribution in [0.2, 0.25) is 0 Å². The molecule has 0 saturated heterocycles. The Kier molecular flexibility index (Phi) is 3.74. The number of fused-ring (bicyclic) bond motifs is 1. The molecule has 0 bridgehead atoms. The van der Waals surface area contributed by atoms with Gasteiger partial charge >= 0.3 is 0 Å². The summed E-state index contributed by atoms with van der Waals surface area (Å²) in [4.78, 5) is 7.03. The van der Waals surface area contributed by atoms with Crippen LogP contribution in [0.5, 0.6) is 0 Å². The average Bonchev–Trinajstić information content (AvgIpc) is 2.92. The minimum Gasteiger partial charge on any atom is -0.330 e. The predicted molar refractivity (Wildman–Crippen MR) is 88.6 cm³/mol. The van der Waals surface area contributed by atoms with Crippen molar-refractivity contribution in [2.24, 2.45) is 14.1 Å². The Morgan fingerprint density at radius 2 is 1.82 bits per heavy atom. The third kappa shape index (κ3) is 2.52. The second kappa shape index (κ2) is 5.57. The molecule has 0 atom stereocenters. The van der Waals surface area contributed by atoms with Crippen LogP contribution in [0.3, 0.4) is 0 Å². The number of hydrogen-bond donors (Lipinski definition) is 0. The highest BCUT2D eigenvalue weighted by atomic mass is 15.3. The largest absolute Gasteiger partial charge is 0.330 e. The molecule has 0 fully saturated rings. The standard InChI is InChI=1S/C17H23N5/c1-12-14(13(2)22(5)19-12)10-20(3)11-17-18-15-8-6-7-9-16(15)21(17)4/h6-9H,10-11H2,1-5H3. The average molecular weight is 297 g/mol. The first-order valence-corrected chi connectivity index (χ1v) is 7.55. The van der Waals surface area contributed by atoms with Crippen molar-refractivity contribution in [1.29, 1.82) is 0 Å². The first-order chi connectivity index (χ1) is 10.5. The Morgan fingerprint density at radius 1 is 1.09 bits per heavy atom. The van der Waals surface area contributed by atoms with E-state index < -0.39 is 0 Å². The smallest absolute Gasteiger partial charge is 0.123 e.